The normalized spacial score (nSPS) is 10.7. The van der Waals surface area contributed by atoms with Gasteiger partial charge in [-0.2, -0.15) is 5.10 Å². The Bertz CT molecular complexity index is 789. The Kier molecular flexibility index (Phi) is 5.22. The molecule has 0 aliphatic carbocycles. The highest BCUT2D eigenvalue weighted by atomic mass is 19.2. The molecule has 128 valence electrons. The summed E-state index contributed by atoms with van der Waals surface area (Å²) in [5.41, 5.74) is 0.893. The molecule has 0 spiro atoms. The van der Waals surface area contributed by atoms with Crippen LogP contribution in [0.25, 0.3) is 0 Å². The van der Waals surface area contributed by atoms with Gasteiger partial charge in [-0.05, 0) is 32.4 Å². The van der Waals surface area contributed by atoms with Crippen molar-refractivity contribution in [1.29, 1.82) is 0 Å². The summed E-state index contributed by atoms with van der Waals surface area (Å²) in [4.78, 5) is 22.2. The SMILES string of the molecule is Cc1nn(CCCC(=O)Nc2ccc(F)c(F)c2)c(C)c1[N+](=O)[O-]. The average Bonchev–Trinajstić information content (AvgIpc) is 2.77. The molecule has 0 saturated heterocycles. The maximum Gasteiger partial charge on any atom is 0.312 e. The van der Waals surface area contributed by atoms with Crippen molar-refractivity contribution in [3.63, 3.8) is 0 Å². The van der Waals surface area contributed by atoms with Crippen LogP contribution in [-0.2, 0) is 11.3 Å². The van der Waals surface area contributed by atoms with Gasteiger partial charge in [0, 0.05) is 24.7 Å². The second-order valence-corrected chi connectivity index (χ2v) is 5.28. The van der Waals surface area contributed by atoms with Crippen molar-refractivity contribution in [2.24, 2.45) is 0 Å². The second-order valence-electron chi connectivity index (χ2n) is 5.28. The summed E-state index contributed by atoms with van der Waals surface area (Å²) in [5.74, 6) is -2.39. The van der Waals surface area contributed by atoms with E-state index in [1.165, 1.54) is 10.7 Å². The lowest BCUT2D eigenvalue weighted by molar-refractivity contribution is -0.386. The molecule has 7 nitrogen and oxygen atoms in total. The Morgan fingerprint density at radius 2 is 2.04 bits per heavy atom. The van der Waals surface area contributed by atoms with Crippen LogP contribution in [0.4, 0.5) is 20.2 Å². The van der Waals surface area contributed by atoms with Crippen molar-refractivity contribution in [3.05, 3.63) is 51.3 Å². The van der Waals surface area contributed by atoms with Gasteiger partial charge in [0.1, 0.15) is 11.4 Å². The molecule has 9 heteroatoms. The first-order chi connectivity index (χ1) is 11.3. The molecule has 0 unspecified atom stereocenters. The molecule has 2 rings (SSSR count). The molecule has 0 saturated carbocycles. The fourth-order valence-electron chi connectivity index (χ4n) is 2.36. The van der Waals surface area contributed by atoms with E-state index in [9.17, 15) is 23.7 Å². The van der Waals surface area contributed by atoms with E-state index in [1.807, 2.05) is 0 Å². The van der Waals surface area contributed by atoms with Crippen LogP contribution >= 0.6 is 0 Å². The lowest BCUT2D eigenvalue weighted by atomic mass is 10.2. The highest BCUT2D eigenvalue weighted by molar-refractivity contribution is 5.90. The molecule has 2 aromatic rings. The summed E-state index contributed by atoms with van der Waals surface area (Å²) in [6.07, 6.45) is 0.514. The number of nitrogens with one attached hydrogen (secondary N) is 1. The number of carbonyl (C=O) groups is 1. The van der Waals surface area contributed by atoms with E-state index in [4.69, 9.17) is 0 Å². The summed E-state index contributed by atoms with van der Waals surface area (Å²) in [6.45, 7) is 3.49. The smallest absolute Gasteiger partial charge is 0.312 e. The number of hydrogen-bond donors (Lipinski definition) is 1. The Morgan fingerprint density at radius 1 is 1.33 bits per heavy atom. The zero-order chi connectivity index (χ0) is 17.9. The van der Waals surface area contributed by atoms with Crippen LogP contribution in [0.15, 0.2) is 18.2 Å². The topological polar surface area (TPSA) is 90.1 Å². The largest absolute Gasteiger partial charge is 0.326 e. The first-order valence-corrected chi connectivity index (χ1v) is 7.23. The predicted octanol–water partition coefficient (Wildman–Crippen LogP) is 3.11. The predicted molar refractivity (Wildman–Crippen MR) is 82.6 cm³/mol. The maximum absolute atomic E-state index is 13.1. The van der Waals surface area contributed by atoms with Crippen LogP contribution in [0.3, 0.4) is 0 Å². The highest BCUT2D eigenvalue weighted by Crippen LogP contribution is 2.22. The summed E-state index contributed by atoms with van der Waals surface area (Å²) in [6, 6.07) is 3.10. The van der Waals surface area contributed by atoms with Gasteiger partial charge in [0.05, 0.1) is 4.92 Å². The Morgan fingerprint density at radius 3 is 2.62 bits per heavy atom. The van der Waals surface area contributed by atoms with Crippen LogP contribution < -0.4 is 5.32 Å². The van der Waals surface area contributed by atoms with Gasteiger partial charge in [-0.3, -0.25) is 19.6 Å². The number of nitrogens with zero attached hydrogens (tertiary/aromatic N) is 3. The van der Waals surface area contributed by atoms with E-state index >= 15 is 0 Å². The quantitative estimate of drug-likeness (QED) is 0.647. The Balaban J connectivity index is 1.90. The molecule has 0 bridgehead atoms. The number of hydrogen-bond acceptors (Lipinski definition) is 4. The molecule has 0 aliphatic rings. The average molecular weight is 338 g/mol. The van der Waals surface area contributed by atoms with Gasteiger partial charge in [0.25, 0.3) is 0 Å². The zero-order valence-corrected chi connectivity index (χ0v) is 13.2. The highest BCUT2D eigenvalue weighted by Gasteiger charge is 2.21. The van der Waals surface area contributed by atoms with Crippen LogP contribution in [-0.4, -0.2) is 20.6 Å². The van der Waals surface area contributed by atoms with Gasteiger partial charge in [0.2, 0.25) is 5.91 Å². The van der Waals surface area contributed by atoms with Crippen LogP contribution in [0, 0.1) is 35.6 Å². The summed E-state index contributed by atoms with van der Waals surface area (Å²) in [5, 5.41) is 17.5. The molecule has 0 radical (unpaired) electrons. The minimum absolute atomic E-state index is 0.0266. The fourth-order valence-corrected chi connectivity index (χ4v) is 2.36. The van der Waals surface area contributed by atoms with Gasteiger partial charge in [-0.25, -0.2) is 8.78 Å². The van der Waals surface area contributed by atoms with E-state index in [2.05, 4.69) is 10.4 Å². The van der Waals surface area contributed by atoms with Crippen molar-refractivity contribution < 1.29 is 18.5 Å². The van der Waals surface area contributed by atoms with Crippen molar-refractivity contribution >= 4 is 17.3 Å². The van der Waals surface area contributed by atoms with Crippen molar-refractivity contribution in [3.8, 4) is 0 Å². The molecular formula is C15H16F2N4O3. The fraction of sp³-hybridized carbons (Fsp3) is 0.333. The molecular weight excluding hydrogens is 322 g/mol. The number of rotatable bonds is 6. The number of anilines is 1. The number of halogens is 2. The van der Waals surface area contributed by atoms with E-state index in [-0.39, 0.29) is 23.7 Å². The number of aromatic nitrogens is 2. The van der Waals surface area contributed by atoms with E-state index in [0.717, 1.165) is 12.1 Å². The number of benzene rings is 1. The first kappa shape index (κ1) is 17.5. The number of nitro groups is 1. The van der Waals surface area contributed by atoms with Gasteiger partial charge in [-0.15, -0.1) is 0 Å². The molecule has 24 heavy (non-hydrogen) atoms. The molecule has 0 fully saturated rings. The third-order valence-corrected chi connectivity index (χ3v) is 3.50. The first-order valence-electron chi connectivity index (χ1n) is 7.23. The molecule has 0 atom stereocenters. The van der Waals surface area contributed by atoms with Crippen molar-refractivity contribution in [1.82, 2.24) is 9.78 Å². The Hall–Kier alpha value is -2.84. The van der Waals surface area contributed by atoms with Crippen LogP contribution in [0.2, 0.25) is 0 Å². The summed E-state index contributed by atoms with van der Waals surface area (Å²) >= 11 is 0. The van der Waals surface area contributed by atoms with Crippen molar-refractivity contribution in [2.45, 2.75) is 33.2 Å². The second kappa shape index (κ2) is 7.16. The molecule has 1 heterocycles. The van der Waals surface area contributed by atoms with Crippen LogP contribution in [0.5, 0.6) is 0 Å². The standard InChI is InChI=1S/C15H16F2N4O3/c1-9-15(21(23)24)10(2)20(19-9)7-3-4-14(22)18-11-5-6-12(16)13(17)8-11/h5-6,8H,3-4,7H2,1-2H3,(H,18,22). The van der Waals surface area contributed by atoms with E-state index < -0.39 is 16.6 Å². The maximum atomic E-state index is 13.1. The minimum atomic E-state index is -1.04. The summed E-state index contributed by atoms with van der Waals surface area (Å²) in [7, 11) is 0. The minimum Gasteiger partial charge on any atom is -0.326 e. The van der Waals surface area contributed by atoms with Gasteiger partial charge >= 0.3 is 5.69 Å². The molecule has 0 aliphatic heterocycles. The lowest BCUT2D eigenvalue weighted by Crippen LogP contribution is -2.13. The molecule has 1 amide bonds. The molecule has 1 aromatic heterocycles. The van der Waals surface area contributed by atoms with Gasteiger partial charge in [-0.1, -0.05) is 0 Å². The Labute approximate surface area is 136 Å². The third kappa shape index (κ3) is 3.92. The van der Waals surface area contributed by atoms with Gasteiger partial charge < -0.3 is 5.32 Å². The van der Waals surface area contributed by atoms with E-state index in [1.54, 1.807) is 13.8 Å². The van der Waals surface area contributed by atoms with Gasteiger partial charge in [0.15, 0.2) is 11.6 Å². The number of carbonyl (C=O) groups excluding carboxylic acids is 1. The molecule has 1 N–H and O–H groups in total. The number of aryl methyl sites for hydroxylation is 2. The van der Waals surface area contributed by atoms with E-state index in [0.29, 0.717) is 24.4 Å². The third-order valence-electron chi connectivity index (χ3n) is 3.50. The lowest BCUT2D eigenvalue weighted by Gasteiger charge is -2.06. The monoisotopic (exact) mass is 338 g/mol. The molecule has 1 aromatic carbocycles. The van der Waals surface area contributed by atoms with Crippen LogP contribution in [0.1, 0.15) is 24.2 Å². The zero-order valence-electron chi connectivity index (χ0n) is 13.2. The number of amides is 1. The summed E-state index contributed by atoms with van der Waals surface area (Å²) < 4.78 is 27.4. The van der Waals surface area contributed by atoms with Crippen molar-refractivity contribution in [2.75, 3.05) is 5.32 Å².